The van der Waals surface area contributed by atoms with Gasteiger partial charge in [-0.25, -0.2) is 0 Å². The largest absolute Gasteiger partial charge is 0.321 e. The number of nitrogens with zero attached hydrogens (tertiary/aromatic N) is 1. The highest BCUT2D eigenvalue weighted by Crippen LogP contribution is 2.29. The second-order valence-electron chi connectivity index (χ2n) is 5.61. The summed E-state index contributed by atoms with van der Waals surface area (Å²) in [6.07, 6.45) is 3.22. The quantitative estimate of drug-likeness (QED) is 0.866. The highest BCUT2D eigenvalue weighted by atomic mass is 32.1. The first kappa shape index (κ1) is 14.5. The van der Waals surface area contributed by atoms with Crippen LogP contribution >= 0.6 is 11.3 Å². The summed E-state index contributed by atoms with van der Waals surface area (Å²) in [7, 11) is 0. The van der Waals surface area contributed by atoms with Gasteiger partial charge in [0.2, 0.25) is 5.91 Å². The van der Waals surface area contributed by atoms with Gasteiger partial charge < -0.3 is 4.90 Å². The van der Waals surface area contributed by atoms with E-state index in [1.807, 2.05) is 4.90 Å². The highest BCUT2D eigenvalue weighted by Gasteiger charge is 2.38. The van der Waals surface area contributed by atoms with E-state index in [2.05, 4.69) is 43.6 Å². The molecule has 1 aromatic heterocycles. The molecule has 1 aliphatic rings. The van der Waals surface area contributed by atoms with Crippen LogP contribution < -0.4 is 5.32 Å². The fourth-order valence-corrected chi connectivity index (χ4v) is 3.36. The summed E-state index contributed by atoms with van der Waals surface area (Å²) in [6.45, 7) is 7.40. The Bertz CT molecular complexity index is 402. The van der Waals surface area contributed by atoms with E-state index in [9.17, 15) is 4.79 Å². The Kier molecular flexibility index (Phi) is 4.99. The van der Waals surface area contributed by atoms with E-state index in [1.165, 1.54) is 11.3 Å². The average Bonchev–Trinajstić information content (AvgIpc) is 2.98. The van der Waals surface area contributed by atoms with Gasteiger partial charge in [0.15, 0.2) is 0 Å². The Hall–Kier alpha value is -0.870. The van der Waals surface area contributed by atoms with Crippen molar-refractivity contribution in [3.8, 4) is 0 Å². The molecule has 2 atom stereocenters. The molecule has 1 fully saturated rings. The van der Waals surface area contributed by atoms with Crippen molar-refractivity contribution in [3.05, 3.63) is 22.4 Å². The van der Waals surface area contributed by atoms with E-state index in [4.69, 9.17) is 0 Å². The minimum atomic E-state index is -0.00819. The molecule has 2 rings (SSSR count). The minimum absolute atomic E-state index is 0.00819. The molecular weight excluding hydrogens is 256 g/mol. The van der Waals surface area contributed by atoms with E-state index >= 15 is 0 Å². The Morgan fingerprint density at radius 1 is 1.47 bits per heavy atom. The number of thiophene rings is 1. The molecule has 1 aromatic rings. The second kappa shape index (κ2) is 6.53. The zero-order chi connectivity index (χ0) is 13.8. The number of amides is 1. The Morgan fingerprint density at radius 2 is 2.26 bits per heavy atom. The molecule has 1 aliphatic heterocycles. The third-order valence-electron chi connectivity index (χ3n) is 3.65. The molecule has 3 nitrogen and oxygen atoms in total. The van der Waals surface area contributed by atoms with Crippen LogP contribution in [0.4, 0.5) is 0 Å². The summed E-state index contributed by atoms with van der Waals surface area (Å²) in [5.41, 5.74) is 0. The lowest BCUT2D eigenvalue weighted by Crippen LogP contribution is -2.31. The van der Waals surface area contributed by atoms with E-state index < -0.39 is 0 Å². The van der Waals surface area contributed by atoms with Gasteiger partial charge in [0.1, 0.15) is 6.17 Å². The van der Waals surface area contributed by atoms with Crippen LogP contribution in [-0.4, -0.2) is 23.4 Å². The van der Waals surface area contributed by atoms with Gasteiger partial charge in [-0.1, -0.05) is 26.8 Å². The summed E-state index contributed by atoms with van der Waals surface area (Å²) in [4.78, 5) is 15.7. The van der Waals surface area contributed by atoms with Gasteiger partial charge in [0.25, 0.3) is 0 Å². The smallest absolute Gasteiger partial charge is 0.241 e. The topological polar surface area (TPSA) is 32.3 Å². The lowest BCUT2D eigenvalue weighted by molar-refractivity contribution is -0.130. The monoisotopic (exact) mass is 280 g/mol. The molecule has 2 unspecified atom stereocenters. The van der Waals surface area contributed by atoms with Crippen molar-refractivity contribution in [2.45, 2.75) is 52.2 Å². The van der Waals surface area contributed by atoms with Gasteiger partial charge in [-0.05, 0) is 36.6 Å². The first-order valence-electron chi connectivity index (χ1n) is 7.23. The fourth-order valence-electron chi connectivity index (χ4n) is 2.56. The van der Waals surface area contributed by atoms with Crippen molar-refractivity contribution in [1.82, 2.24) is 10.2 Å². The van der Waals surface area contributed by atoms with Crippen LogP contribution in [0.15, 0.2) is 17.5 Å². The first-order valence-corrected chi connectivity index (χ1v) is 8.11. The van der Waals surface area contributed by atoms with Gasteiger partial charge in [0.05, 0.1) is 6.04 Å². The van der Waals surface area contributed by atoms with Crippen LogP contribution in [0.2, 0.25) is 0 Å². The Labute approximate surface area is 120 Å². The molecule has 2 heterocycles. The summed E-state index contributed by atoms with van der Waals surface area (Å²) in [5.74, 6) is 0.970. The summed E-state index contributed by atoms with van der Waals surface area (Å²) in [5, 5.41) is 5.54. The third kappa shape index (κ3) is 3.37. The van der Waals surface area contributed by atoms with E-state index in [-0.39, 0.29) is 18.1 Å². The van der Waals surface area contributed by atoms with Crippen molar-refractivity contribution in [3.63, 3.8) is 0 Å². The van der Waals surface area contributed by atoms with Gasteiger partial charge in [-0.2, -0.15) is 0 Å². The van der Waals surface area contributed by atoms with Crippen molar-refractivity contribution in [2.24, 2.45) is 5.92 Å². The number of hydrogen-bond donors (Lipinski definition) is 1. The lowest BCUT2D eigenvalue weighted by Gasteiger charge is -2.23. The Morgan fingerprint density at radius 3 is 2.84 bits per heavy atom. The van der Waals surface area contributed by atoms with Crippen molar-refractivity contribution < 1.29 is 4.79 Å². The predicted molar refractivity (Wildman–Crippen MR) is 80.1 cm³/mol. The maximum atomic E-state index is 12.4. The normalized spacial score (nSPS) is 23.6. The summed E-state index contributed by atoms with van der Waals surface area (Å²) in [6, 6.07) is 4.16. The lowest BCUT2D eigenvalue weighted by atomic mass is 10.1. The molecule has 0 bridgehead atoms. The predicted octanol–water partition coefficient (Wildman–Crippen LogP) is 3.39. The maximum absolute atomic E-state index is 12.4. The van der Waals surface area contributed by atoms with Crippen LogP contribution in [0, 0.1) is 5.92 Å². The van der Waals surface area contributed by atoms with Gasteiger partial charge >= 0.3 is 0 Å². The van der Waals surface area contributed by atoms with Crippen LogP contribution in [-0.2, 0) is 4.79 Å². The molecule has 0 aromatic carbocycles. The highest BCUT2D eigenvalue weighted by molar-refractivity contribution is 7.10. The van der Waals surface area contributed by atoms with Crippen LogP contribution in [0.25, 0.3) is 0 Å². The van der Waals surface area contributed by atoms with Crippen molar-refractivity contribution >= 4 is 17.2 Å². The first-order chi connectivity index (χ1) is 9.13. The summed E-state index contributed by atoms with van der Waals surface area (Å²) >= 11 is 1.72. The molecule has 106 valence electrons. The molecule has 1 saturated heterocycles. The van der Waals surface area contributed by atoms with Gasteiger partial charge in [-0.3, -0.25) is 10.1 Å². The zero-order valence-corrected chi connectivity index (χ0v) is 12.9. The SMILES string of the molecule is CCC1NC(c2cccs2)N(CCCC(C)C)C1=O. The van der Waals surface area contributed by atoms with E-state index in [0.29, 0.717) is 5.92 Å². The number of rotatable bonds is 6. The van der Waals surface area contributed by atoms with Gasteiger partial charge in [0, 0.05) is 11.4 Å². The number of carbonyl (C=O) groups is 1. The standard InChI is InChI=1S/C15H24N2OS/c1-4-12-15(18)17(9-5-7-11(2)3)14(16-12)13-8-6-10-19-13/h6,8,10-12,14,16H,4-5,7,9H2,1-3H3. The molecule has 1 N–H and O–H groups in total. The van der Waals surface area contributed by atoms with Crippen molar-refractivity contribution in [2.75, 3.05) is 6.54 Å². The fraction of sp³-hybridized carbons (Fsp3) is 0.667. The maximum Gasteiger partial charge on any atom is 0.241 e. The molecular formula is C15H24N2OS. The molecule has 19 heavy (non-hydrogen) atoms. The minimum Gasteiger partial charge on any atom is -0.321 e. The number of nitrogens with one attached hydrogen (secondary N) is 1. The van der Waals surface area contributed by atoms with E-state index in [1.54, 1.807) is 11.3 Å². The number of carbonyl (C=O) groups excluding carboxylic acids is 1. The van der Waals surface area contributed by atoms with Gasteiger partial charge in [-0.15, -0.1) is 11.3 Å². The van der Waals surface area contributed by atoms with Crippen LogP contribution in [0.1, 0.15) is 51.1 Å². The molecule has 0 saturated carbocycles. The van der Waals surface area contributed by atoms with E-state index in [0.717, 1.165) is 19.4 Å². The zero-order valence-electron chi connectivity index (χ0n) is 12.1. The molecule has 0 aliphatic carbocycles. The second-order valence-corrected chi connectivity index (χ2v) is 6.59. The molecule has 0 spiro atoms. The Balaban J connectivity index is 2.05. The summed E-state index contributed by atoms with van der Waals surface area (Å²) < 4.78 is 0. The number of hydrogen-bond acceptors (Lipinski definition) is 3. The molecule has 1 amide bonds. The van der Waals surface area contributed by atoms with Crippen LogP contribution in [0.5, 0.6) is 0 Å². The van der Waals surface area contributed by atoms with Crippen molar-refractivity contribution in [1.29, 1.82) is 0 Å². The van der Waals surface area contributed by atoms with Crippen LogP contribution in [0.3, 0.4) is 0 Å². The average molecular weight is 280 g/mol. The third-order valence-corrected chi connectivity index (χ3v) is 4.58. The molecule has 0 radical (unpaired) electrons. The molecule has 4 heteroatoms.